The van der Waals surface area contributed by atoms with E-state index in [0.29, 0.717) is 19.0 Å². The highest BCUT2D eigenvalue weighted by atomic mass is 35.5. The van der Waals surface area contributed by atoms with Crippen LogP contribution in [0.2, 0.25) is 5.02 Å². The second-order valence-electron chi connectivity index (χ2n) is 5.30. The molecule has 0 unspecified atom stereocenters. The molecule has 3 N–H and O–H groups in total. The van der Waals surface area contributed by atoms with Crippen molar-refractivity contribution in [3.05, 3.63) is 47.0 Å². The van der Waals surface area contributed by atoms with E-state index < -0.39 is 0 Å². The van der Waals surface area contributed by atoms with Gasteiger partial charge in [0.2, 0.25) is 0 Å². The fraction of sp³-hybridized carbons (Fsp3) is 0.400. The molecule has 1 aliphatic carbocycles. The fourth-order valence-electron chi connectivity index (χ4n) is 2.04. The lowest BCUT2D eigenvalue weighted by molar-refractivity contribution is 0.701. The van der Waals surface area contributed by atoms with E-state index in [-0.39, 0.29) is 5.41 Å². The Labute approximate surface area is 119 Å². The van der Waals surface area contributed by atoms with E-state index in [1.165, 1.54) is 5.56 Å². The van der Waals surface area contributed by atoms with Gasteiger partial charge in [0.05, 0.1) is 6.54 Å². The van der Waals surface area contributed by atoms with Crippen LogP contribution in [-0.4, -0.2) is 19.0 Å². The molecule has 0 radical (unpaired) electrons. The smallest absolute Gasteiger partial charge is 0.188 e. The summed E-state index contributed by atoms with van der Waals surface area (Å²) >= 11 is 6.04. The number of rotatable bonds is 5. The van der Waals surface area contributed by atoms with Gasteiger partial charge in [-0.25, -0.2) is 0 Å². The molecule has 0 heterocycles. The molecular formula is C15H20ClN3. The summed E-state index contributed by atoms with van der Waals surface area (Å²) in [6.45, 7) is 7.15. The molecule has 19 heavy (non-hydrogen) atoms. The van der Waals surface area contributed by atoms with Gasteiger partial charge in [-0.2, -0.15) is 0 Å². The van der Waals surface area contributed by atoms with E-state index in [4.69, 9.17) is 17.3 Å². The van der Waals surface area contributed by atoms with Crippen LogP contribution in [0.3, 0.4) is 0 Å². The third-order valence-electron chi connectivity index (χ3n) is 3.41. The van der Waals surface area contributed by atoms with Gasteiger partial charge in [0.15, 0.2) is 5.96 Å². The zero-order valence-electron chi connectivity index (χ0n) is 11.2. The van der Waals surface area contributed by atoms with Crippen LogP contribution in [0.5, 0.6) is 0 Å². The Bertz CT molecular complexity index is 504. The van der Waals surface area contributed by atoms with Crippen LogP contribution in [0.15, 0.2) is 41.4 Å². The van der Waals surface area contributed by atoms with Crippen LogP contribution in [-0.2, 0) is 5.41 Å². The Morgan fingerprint density at radius 1 is 1.53 bits per heavy atom. The summed E-state index contributed by atoms with van der Waals surface area (Å²) in [5.74, 6) is 0.483. The van der Waals surface area contributed by atoms with Crippen LogP contribution in [0.1, 0.15) is 25.3 Å². The van der Waals surface area contributed by atoms with E-state index >= 15 is 0 Å². The molecule has 3 nitrogen and oxygen atoms in total. The van der Waals surface area contributed by atoms with Crippen molar-refractivity contribution in [1.82, 2.24) is 5.32 Å². The summed E-state index contributed by atoms with van der Waals surface area (Å²) in [5.41, 5.74) is 8.27. The number of benzene rings is 1. The van der Waals surface area contributed by atoms with Crippen molar-refractivity contribution in [2.24, 2.45) is 10.7 Å². The van der Waals surface area contributed by atoms with Crippen molar-refractivity contribution in [1.29, 1.82) is 0 Å². The molecule has 0 amide bonds. The van der Waals surface area contributed by atoms with Gasteiger partial charge in [0.25, 0.3) is 0 Å². The van der Waals surface area contributed by atoms with Gasteiger partial charge in [0, 0.05) is 17.0 Å². The van der Waals surface area contributed by atoms with Crippen molar-refractivity contribution in [2.75, 3.05) is 13.1 Å². The molecule has 0 bridgehead atoms. The second kappa shape index (κ2) is 5.66. The van der Waals surface area contributed by atoms with Crippen LogP contribution in [0.4, 0.5) is 0 Å². The lowest BCUT2D eigenvalue weighted by Crippen LogP contribution is -2.33. The van der Waals surface area contributed by atoms with Crippen molar-refractivity contribution >= 4 is 17.6 Å². The molecule has 0 aliphatic heterocycles. The zero-order chi connectivity index (χ0) is 13.9. The van der Waals surface area contributed by atoms with Gasteiger partial charge in [-0.1, -0.05) is 35.9 Å². The summed E-state index contributed by atoms with van der Waals surface area (Å²) in [6.07, 6.45) is 2.29. The Hall–Kier alpha value is -1.48. The predicted octanol–water partition coefficient (Wildman–Crippen LogP) is 2.85. The Morgan fingerprint density at radius 2 is 2.26 bits per heavy atom. The number of nitrogens with zero attached hydrogens (tertiary/aromatic N) is 1. The number of halogens is 1. The van der Waals surface area contributed by atoms with Crippen LogP contribution >= 0.6 is 11.6 Å². The molecular weight excluding hydrogens is 258 g/mol. The number of guanidine groups is 1. The summed E-state index contributed by atoms with van der Waals surface area (Å²) in [7, 11) is 0. The maximum absolute atomic E-state index is 6.04. The topological polar surface area (TPSA) is 50.4 Å². The number of nitrogens with one attached hydrogen (secondary N) is 1. The molecule has 2 rings (SSSR count). The minimum Gasteiger partial charge on any atom is -0.370 e. The monoisotopic (exact) mass is 277 g/mol. The molecule has 1 fully saturated rings. The van der Waals surface area contributed by atoms with Gasteiger partial charge < -0.3 is 11.1 Å². The van der Waals surface area contributed by atoms with Crippen molar-refractivity contribution in [2.45, 2.75) is 25.2 Å². The molecule has 102 valence electrons. The van der Waals surface area contributed by atoms with E-state index in [9.17, 15) is 0 Å². The Morgan fingerprint density at radius 3 is 2.84 bits per heavy atom. The van der Waals surface area contributed by atoms with Gasteiger partial charge in [0.1, 0.15) is 0 Å². The summed E-state index contributed by atoms with van der Waals surface area (Å²) in [5, 5.41) is 3.83. The van der Waals surface area contributed by atoms with E-state index in [1.54, 1.807) is 0 Å². The van der Waals surface area contributed by atoms with Gasteiger partial charge in [-0.05, 0) is 37.5 Å². The van der Waals surface area contributed by atoms with E-state index in [0.717, 1.165) is 23.4 Å². The first-order chi connectivity index (χ1) is 9.02. The summed E-state index contributed by atoms with van der Waals surface area (Å²) in [6, 6.07) is 8.03. The average Bonchev–Trinajstić information content (AvgIpc) is 3.15. The maximum atomic E-state index is 6.04. The minimum atomic E-state index is 0.139. The highest BCUT2D eigenvalue weighted by Gasteiger charge is 2.44. The number of nitrogens with two attached hydrogens (primary N) is 1. The van der Waals surface area contributed by atoms with Gasteiger partial charge in [-0.15, -0.1) is 0 Å². The standard InChI is InChI=1S/C15H20ClN3/c1-11(2)9-18-14(17)19-10-15(6-7-15)12-4-3-5-13(16)8-12/h3-5,8H,1,6-7,9-10H2,2H3,(H3,17,18,19). The molecule has 0 atom stereocenters. The van der Waals surface area contributed by atoms with Crippen LogP contribution in [0.25, 0.3) is 0 Å². The van der Waals surface area contributed by atoms with Crippen molar-refractivity contribution < 1.29 is 0 Å². The highest BCUT2D eigenvalue weighted by molar-refractivity contribution is 6.30. The molecule has 1 aromatic carbocycles. The van der Waals surface area contributed by atoms with Crippen molar-refractivity contribution in [3.8, 4) is 0 Å². The summed E-state index contributed by atoms with van der Waals surface area (Å²) < 4.78 is 0. The third kappa shape index (κ3) is 3.74. The molecule has 0 aromatic heterocycles. The lowest BCUT2D eigenvalue weighted by Gasteiger charge is -2.14. The molecule has 1 aliphatic rings. The number of aliphatic imine (C=N–C) groups is 1. The second-order valence-corrected chi connectivity index (χ2v) is 5.74. The third-order valence-corrected chi connectivity index (χ3v) is 3.65. The first-order valence-corrected chi connectivity index (χ1v) is 6.84. The predicted molar refractivity (Wildman–Crippen MR) is 81.7 cm³/mol. The fourth-order valence-corrected chi connectivity index (χ4v) is 2.23. The van der Waals surface area contributed by atoms with Crippen LogP contribution < -0.4 is 11.1 Å². The zero-order valence-corrected chi connectivity index (χ0v) is 12.0. The largest absolute Gasteiger partial charge is 0.370 e. The quantitative estimate of drug-likeness (QED) is 0.494. The molecule has 4 heteroatoms. The Kier molecular flexibility index (Phi) is 4.15. The molecule has 0 saturated heterocycles. The normalized spacial score (nSPS) is 17.1. The van der Waals surface area contributed by atoms with Crippen molar-refractivity contribution in [3.63, 3.8) is 0 Å². The molecule has 1 aromatic rings. The van der Waals surface area contributed by atoms with Crippen LogP contribution in [0, 0.1) is 0 Å². The molecule has 0 spiro atoms. The van der Waals surface area contributed by atoms with Gasteiger partial charge in [-0.3, -0.25) is 4.99 Å². The SMILES string of the molecule is C=C(C)CNC(N)=NCC1(c2cccc(Cl)c2)CC1. The lowest BCUT2D eigenvalue weighted by atomic mass is 9.96. The summed E-state index contributed by atoms with van der Waals surface area (Å²) in [4.78, 5) is 4.44. The van der Waals surface area contributed by atoms with Gasteiger partial charge >= 0.3 is 0 Å². The minimum absolute atomic E-state index is 0.139. The Balaban J connectivity index is 1.99. The van der Waals surface area contributed by atoms with E-state index in [1.807, 2.05) is 25.1 Å². The average molecular weight is 278 g/mol. The van der Waals surface area contributed by atoms with E-state index in [2.05, 4.69) is 23.0 Å². The molecule has 1 saturated carbocycles. The first kappa shape index (κ1) is 13.9. The number of hydrogen-bond acceptors (Lipinski definition) is 1. The maximum Gasteiger partial charge on any atom is 0.188 e. The highest BCUT2D eigenvalue weighted by Crippen LogP contribution is 2.48. The first-order valence-electron chi connectivity index (χ1n) is 6.46. The number of hydrogen-bond donors (Lipinski definition) is 2.